The molecule has 1 aromatic heterocycles. The fraction of sp³-hybridized carbons (Fsp3) is 0.167. The zero-order valence-corrected chi connectivity index (χ0v) is 13.7. The van der Waals surface area contributed by atoms with Crippen molar-refractivity contribution in [1.29, 1.82) is 0 Å². The lowest BCUT2D eigenvalue weighted by Crippen LogP contribution is -2.17. The predicted molar refractivity (Wildman–Crippen MR) is 93.0 cm³/mol. The van der Waals surface area contributed by atoms with Crippen molar-refractivity contribution in [2.75, 3.05) is 13.7 Å². The molecule has 1 N–H and O–H groups in total. The molecule has 0 fully saturated rings. The molecule has 3 aromatic rings. The van der Waals surface area contributed by atoms with Crippen LogP contribution in [-0.4, -0.2) is 23.4 Å². The van der Waals surface area contributed by atoms with Gasteiger partial charge in [-0.1, -0.05) is 30.3 Å². The molecule has 118 valence electrons. The molecule has 0 atom stereocenters. The summed E-state index contributed by atoms with van der Waals surface area (Å²) in [5, 5.41) is 11.5. The van der Waals surface area contributed by atoms with Crippen LogP contribution in [0.15, 0.2) is 65.0 Å². The fourth-order valence-electron chi connectivity index (χ4n) is 2.34. The second kappa shape index (κ2) is 7.26. The Kier molecular flexibility index (Phi) is 4.90. The minimum atomic E-state index is 0.0758. The van der Waals surface area contributed by atoms with Crippen LogP contribution in [0, 0.1) is 0 Å². The third-order valence-corrected chi connectivity index (χ3v) is 4.35. The van der Waals surface area contributed by atoms with Crippen LogP contribution in [0.2, 0.25) is 0 Å². The Labute approximate surface area is 139 Å². The number of methoxy groups -OCH3 is 1. The second-order valence-corrected chi connectivity index (χ2v) is 5.79. The van der Waals surface area contributed by atoms with Gasteiger partial charge in [-0.15, -0.1) is 11.3 Å². The van der Waals surface area contributed by atoms with E-state index in [1.165, 1.54) is 0 Å². The first-order chi connectivity index (χ1) is 11.3. The molecule has 2 aromatic carbocycles. The summed E-state index contributed by atoms with van der Waals surface area (Å²) in [5.74, 6) is 0.809. The van der Waals surface area contributed by atoms with E-state index in [0.717, 1.165) is 27.5 Å². The lowest BCUT2D eigenvalue weighted by atomic mass is 10.2. The van der Waals surface area contributed by atoms with Gasteiger partial charge in [0.2, 0.25) is 0 Å². The van der Waals surface area contributed by atoms with Gasteiger partial charge in [-0.05, 0) is 29.8 Å². The number of thiazole rings is 1. The van der Waals surface area contributed by atoms with Crippen molar-refractivity contribution in [2.45, 2.75) is 6.54 Å². The number of aliphatic hydroxyl groups excluding tert-OH is 1. The van der Waals surface area contributed by atoms with Gasteiger partial charge in [-0.2, -0.15) is 0 Å². The molecule has 0 aliphatic carbocycles. The van der Waals surface area contributed by atoms with Crippen LogP contribution in [0.1, 0.15) is 0 Å². The molecule has 0 saturated heterocycles. The van der Waals surface area contributed by atoms with E-state index in [1.54, 1.807) is 18.4 Å². The van der Waals surface area contributed by atoms with E-state index in [1.807, 2.05) is 47.0 Å². The van der Waals surface area contributed by atoms with Gasteiger partial charge in [-0.25, -0.2) is 4.99 Å². The molecule has 0 aliphatic heterocycles. The molecular formula is C18H18N2O2S. The maximum atomic E-state index is 9.39. The third-order valence-electron chi connectivity index (χ3n) is 3.49. The molecule has 4 nitrogen and oxygen atoms in total. The van der Waals surface area contributed by atoms with Crippen LogP contribution < -0.4 is 9.54 Å². The minimum absolute atomic E-state index is 0.0758. The molecule has 0 aliphatic rings. The lowest BCUT2D eigenvalue weighted by Gasteiger charge is -2.07. The zero-order valence-electron chi connectivity index (χ0n) is 12.8. The number of nitrogens with zero attached hydrogens (tertiary/aromatic N) is 2. The summed E-state index contributed by atoms with van der Waals surface area (Å²) in [4.78, 5) is 5.56. The smallest absolute Gasteiger partial charge is 0.190 e. The number of ether oxygens (including phenoxy) is 1. The van der Waals surface area contributed by atoms with Gasteiger partial charge < -0.3 is 14.4 Å². The predicted octanol–water partition coefficient (Wildman–Crippen LogP) is 3.45. The molecule has 0 amide bonds. The van der Waals surface area contributed by atoms with Gasteiger partial charge in [0.25, 0.3) is 0 Å². The maximum absolute atomic E-state index is 9.39. The fourth-order valence-corrected chi connectivity index (χ4v) is 3.30. The molecule has 3 rings (SSSR count). The van der Waals surface area contributed by atoms with Crippen LogP contribution in [0.4, 0.5) is 5.69 Å². The molecule has 0 saturated carbocycles. The van der Waals surface area contributed by atoms with Crippen molar-refractivity contribution >= 4 is 17.0 Å². The second-order valence-electron chi connectivity index (χ2n) is 4.95. The summed E-state index contributed by atoms with van der Waals surface area (Å²) in [6, 6.07) is 17.8. The summed E-state index contributed by atoms with van der Waals surface area (Å²) in [7, 11) is 1.65. The minimum Gasteiger partial charge on any atom is -0.497 e. The van der Waals surface area contributed by atoms with Crippen molar-refractivity contribution < 1.29 is 9.84 Å². The molecule has 5 heteroatoms. The largest absolute Gasteiger partial charge is 0.497 e. The Morgan fingerprint density at radius 1 is 1.09 bits per heavy atom. The average molecular weight is 326 g/mol. The summed E-state index contributed by atoms with van der Waals surface area (Å²) >= 11 is 1.57. The quantitative estimate of drug-likeness (QED) is 0.780. The normalized spacial score (nSPS) is 11.7. The Morgan fingerprint density at radius 2 is 1.83 bits per heavy atom. The topological polar surface area (TPSA) is 46.8 Å². The zero-order chi connectivity index (χ0) is 16.1. The maximum Gasteiger partial charge on any atom is 0.190 e. The monoisotopic (exact) mass is 326 g/mol. The Bertz CT molecular complexity index is 820. The number of hydrogen-bond acceptors (Lipinski definition) is 4. The number of aliphatic hydroxyl groups is 1. The first kappa shape index (κ1) is 15.5. The first-order valence-electron chi connectivity index (χ1n) is 7.35. The molecule has 0 spiro atoms. The number of aromatic nitrogens is 1. The van der Waals surface area contributed by atoms with Crippen LogP contribution in [0.25, 0.3) is 11.3 Å². The Morgan fingerprint density at radius 3 is 2.48 bits per heavy atom. The Balaban J connectivity index is 2.05. The van der Waals surface area contributed by atoms with Crippen molar-refractivity contribution in [2.24, 2.45) is 4.99 Å². The van der Waals surface area contributed by atoms with Gasteiger partial charge in [0.1, 0.15) is 5.75 Å². The molecule has 0 unspecified atom stereocenters. The van der Waals surface area contributed by atoms with Crippen molar-refractivity contribution in [3.05, 3.63) is 64.8 Å². The van der Waals surface area contributed by atoms with Gasteiger partial charge >= 0.3 is 0 Å². The summed E-state index contributed by atoms with van der Waals surface area (Å²) < 4.78 is 7.21. The van der Waals surface area contributed by atoms with Crippen LogP contribution >= 0.6 is 11.3 Å². The van der Waals surface area contributed by atoms with Crippen molar-refractivity contribution in [1.82, 2.24) is 4.57 Å². The summed E-state index contributed by atoms with van der Waals surface area (Å²) in [6.45, 7) is 0.592. The van der Waals surface area contributed by atoms with E-state index in [-0.39, 0.29) is 6.61 Å². The van der Waals surface area contributed by atoms with Crippen LogP contribution in [-0.2, 0) is 6.54 Å². The number of rotatable bonds is 5. The van der Waals surface area contributed by atoms with Crippen molar-refractivity contribution in [3.63, 3.8) is 0 Å². The number of benzene rings is 2. The van der Waals surface area contributed by atoms with Gasteiger partial charge in [0, 0.05) is 11.9 Å². The standard InChI is InChI=1S/C18H18N2O2S/c1-22-16-9-7-15(8-10-16)19-18-20(11-12-21)17(13-23-18)14-5-3-2-4-6-14/h2-10,13,21H,11-12H2,1H3. The molecule has 0 bridgehead atoms. The lowest BCUT2D eigenvalue weighted by molar-refractivity contribution is 0.275. The summed E-state index contributed by atoms with van der Waals surface area (Å²) in [6.07, 6.45) is 0. The van der Waals surface area contributed by atoms with Crippen molar-refractivity contribution in [3.8, 4) is 17.0 Å². The SMILES string of the molecule is COc1ccc(N=c2scc(-c3ccccc3)n2CCO)cc1. The average Bonchev–Trinajstić information content (AvgIpc) is 2.99. The highest BCUT2D eigenvalue weighted by Gasteiger charge is 2.07. The molecule has 23 heavy (non-hydrogen) atoms. The van der Waals surface area contributed by atoms with Crippen LogP contribution in [0.5, 0.6) is 5.75 Å². The first-order valence-corrected chi connectivity index (χ1v) is 8.23. The van der Waals surface area contributed by atoms with E-state index in [4.69, 9.17) is 9.73 Å². The van der Waals surface area contributed by atoms with Gasteiger partial charge in [0.05, 0.1) is 25.1 Å². The Hall–Kier alpha value is -2.37. The van der Waals surface area contributed by atoms with E-state index in [2.05, 4.69) is 17.5 Å². The van der Waals surface area contributed by atoms with E-state index in [9.17, 15) is 5.11 Å². The highest BCUT2D eigenvalue weighted by molar-refractivity contribution is 7.07. The van der Waals surface area contributed by atoms with E-state index >= 15 is 0 Å². The van der Waals surface area contributed by atoms with E-state index < -0.39 is 0 Å². The molecule has 1 heterocycles. The van der Waals surface area contributed by atoms with E-state index in [0.29, 0.717) is 6.54 Å². The number of hydrogen-bond donors (Lipinski definition) is 1. The van der Waals surface area contributed by atoms with Gasteiger partial charge in [-0.3, -0.25) is 0 Å². The van der Waals surface area contributed by atoms with Gasteiger partial charge in [0.15, 0.2) is 4.80 Å². The summed E-state index contributed by atoms with van der Waals surface area (Å²) in [5.41, 5.74) is 3.05. The third kappa shape index (κ3) is 3.52. The highest BCUT2D eigenvalue weighted by atomic mass is 32.1. The van der Waals surface area contributed by atoms with Crippen LogP contribution in [0.3, 0.4) is 0 Å². The molecular weight excluding hydrogens is 308 g/mol. The molecule has 0 radical (unpaired) electrons. The highest BCUT2D eigenvalue weighted by Crippen LogP contribution is 2.21.